The van der Waals surface area contributed by atoms with Gasteiger partial charge >= 0.3 is 0 Å². The summed E-state index contributed by atoms with van der Waals surface area (Å²) < 4.78 is 10.3. The van der Waals surface area contributed by atoms with Gasteiger partial charge in [0.15, 0.2) is 17.3 Å². The molecule has 104 valence electrons. The van der Waals surface area contributed by atoms with Crippen LogP contribution in [0.4, 0.5) is 0 Å². The summed E-state index contributed by atoms with van der Waals surface area (Å²) in [6.45, 7) is 1.88. The van der Waals surface area contributed by atoms with Crippen molar-refractivity contribution in [2.45, 2.75) is 13.3 Å². The van der Waals surface area contributed by atoms with Crippen molar-refractivity contribution in [3.8, 4) is 11.5 Å². The average molecular weight is 265 g/mol. The molecule has 5 heteroatoms. The minimum Gasteiger partial charge on any atom is -0.493 e. The largest absolute Gasteiger partial charge is 0.493 e. The molecule has 1 aromatic carbocycles. The maximum absolute atomic E-state index is 12.0. The SMILES string of the molecule is COc1ccc(C(=O)CCN(C)C(C)=O)cc1OC. The van der Waals surface area contributed by atoms with Gasteiger partial charge in [-0.2, -0.15) is 0 Å². The summed E-state index contributed by atoms with van der Waals surface area (Å²) in [5.41, 5.74) is 0.551. The zero-order valence-corrected chi connectivity index (χ0v) is 11.7. The highest BCUT2D eigenvalue weighted by molar-refractivity contribution is 5.97. The molecule has 0 aliphatic carbocycles. The first-order chi connectivity index (χ1) is 8.99. The van der Waals surface area contributed by atoms with Crippen LogP contribution in [-0.2, 0) is 4.79 Å². The second-order valence-corrected chi connectivity index (χ2v) is 4.18. The second kappa shape index (κ2) is 6.78. The third kappa shape index (κ3) is 3.98. The Hall–Kier alpha value is -2.04. The first-order valence-corrected chi connectivity index (χ1v) is 5.96. The van der Waals surface area contributed by atoms with Crippen LogP contribution < -0.4 is 9.47 Å². The maximum atomic E-state index is 12.0. The highest BCUT2D eigenvalue weighted by Gasteiger charge is 2.12. The lowest BCUT2D eigenvalue weighted by atomic mass is 10.1. The smallest absolute Gasteiger partial charge is 0.219 e. The van der Waals surface area contributed by atoms with Crippen molar-refractivity contribution in [3.63, 3.8) is 0 Å². The Bertz CT molecular complexity index is 471. The number of carbonyl (C=O) groups excluding carboxylic acids is 2. The molecule has 19 heavy (non-hydrogen) atoms. The van der Waals surface area contributed by atoms with Gasteiger partial charge in [0.1, 0.15) is 0 Å². The van der Waals surface area contributed by atoms with Crippen LogP contribution in [0, 0.1) is 0 Å². The van der Waals surface area contributed by atoms with Gasteiger partial charge in [0, 0.05) is 32.5 Å². The monoisotopic (exact) mass is 265 g/mol. The van der Waals surface area contributed by atoms with Crippen LogP contribution in [0.1, 0.15) is 23.7 Å². The number of benzene rings is 1. The van der Waals surface area contributed by atoms with Crippen molar-refractivity contribution >= 4 is 11.7 Å². The van der Waals surface area contributed by atoms with Crippen LogP contribution in [-0.4, -0.2) is 44.4 Å². The third-order valence-corrected chi connectivity index (χ3v) is 2.92. The molecule has 5 nitrogen and oxygen atoms in total. The predicted octanol–water partition coefficient (Wildman–Crippen LogP) is 1.75. The van der Waals surface area contributed by atoms with E-state index in [1.807, 2.05) is 0 Å². The molecule has 0 heterocycles. The number of ketones is 1. The van der Waals surface area contributed by atoms with Crippen molar-refractivity contribution in [2.75, 3.05) is 27.8 Å². The van der Waals surface area contributed by atoms with Crippen LogP contribution in [0.3, 0.4) is 0 Å². The molecule has 0 aliphatic heterocycles. The molecule has 0 aromatic heterocycles. The Morgan fingerprint density at radius 1 is 1.16 bits per heavy atom. The predicted molar refractivity (Wildman–Crippen MR) is 71.8 cm³/mol. The molecule has 0 saturated heterocycles. The molecule has 0 bridgehead atoms. The van der Waals surface area contributed by atoms with E-state index in [4.69, 9.17) is 9.47 Å². The summed E-state index contributed by atoms with van der Waals surface area (Å²) in [7, 11) is 4.74. The molecular weight excluding hydrogens is 246 g/mol. The second-order valence-electron chi connectivity index (χ2n) is 4.18. The lowest BCUT2D eigenvalue weighted by Crippen LogP contribution is -2.26. The first kappa shape index (κ1) is 15.0. The molecule has 1 aromatic rings. The normalized spacial score (nSPS) is 9.89. The molecule has 1 amide bonds. The average Bonchev–Trinajstić information content (AvgIpc) is 2.43. The zero-order valence-electron chi connectivity index (χ0n) is 11.7. The summed E-state index contributed by atoms with van der Waals surface area (Å²) in [4.78, 5) is 24.6. The number of ether oxygens (including phenoxy) is 2. The van der Waals surface area contributed by atoms with Crippen molar-refractivity contribution in [3.05, 3.63) is 23.8 Å². The van der Waals surface area contributed by atoms with E-state index in [0.717, 1.165) is 0 Å². The summed E-state index contributed by atoms with van der Waals surface area (Å²) in [5.74, 6) is 1.02. The molecule has 0 atom stereocenters. The number of amides is 1. The lowest BCUT2D eigenvalue weighted by molar-refractivity contribution is -0.127. The molecule has 1 rings (SSSR count). The number of hydrogen-bond acceptors (Lipinski definition) is 4. The van der Waals surface area contributed by atoms with Gasteiger partial charge < -0.3 is 14.4 Å². The maximum Gasteiger partial charge on any atom is 0.219 e. The van der Waals surface area contributed by atoms with E-state index in [-0.39, 0.29) is 18.1 Å². The zero-order chi connectivity index (χ0) is 14.4. The standard InChI is InChI=1S/C14H19NO4/c1-10(16)15(2)8-7-12(17)11-5-6-13(18-3)14(9-11)19-4/h5-6,9H,7-8H2,1-4H3. The molecule has 0 radical (unpaired) electrons. The number of nitrogens with zero attached hydrogens (tertiary/aromatic N) is 1. The fraction of sp³-hybridized carbons (Fsp3) is 0.429. The quantitative estimate of drug-likeness (QED) is 0.735. The van der Waals surface area contributed by atoms with Gasteiger partial charge in [-0.25, -0.2) is 0 Å². The Balaban J connectivity index is 2.75. The van der Waals surface area contributed by atoms with Crippen molar-refractivity contribution in [2.24, 2.45) is 0 Å². The van der Waals surface area contributed by atoms with E-state index >= 15 is 0 Å². The Morgan fingerprint density at radius 3 is 2.32 bits per heavy atom. The van der Waals surface area contributed by atoms with Crippen molar-refractivity contribution in [1.82, 2.24) is 4.90 Å². The summed E-state index contributed by atoms with van der Waals surface area (Å²) in [6.07, 6.45) is 0.283. The van der Waals surface area contributed by atoms with Crippen LogP contribution >= 0.6 is 0 Å². The topological polar surface area (TPSA) is 55.8 Å². The molecule has 0 saturated carbocycles. The number of hydrogen-bond donors (Lipinski definition) is 0. The summed E-state index contributed by atoms with van der Waals surface area (Å²) in [5, 5.41) is 0. The van der Waals surface area contributed by atoms with Crippen molar-refractivity contribution in [1.29, 1.82) is 0 Å². The molecule has 0 spiro atoms. The van der Waals surface area contributed by atoms with E-state index in [2.05, 4.69) is 0 Å². The summed E-state index contributed by atoms with van der Waals surface area (Å²) in [6, 6.07) is 5.03. The first-order valence-electron chi connectivity index (χ1n) is 5.96. The van der Waals surface area contributed by atoms with E-state index in [9.17, 15) is 9.59 Å². The van der Waals surface area contributed by atoms with Crippen LogP contribution in [0.2, 0.25) is 0 Å². The molecule has 0 fully saturated rings. The fourth-order valence-corrected chi connectivity index (χ4v) is 1.58. The van der Waals surface area contributed by atoms with Gasteiger partial charge in [0.2, 0.25) is 5.91 Å². The fourth-order valence-electron chi connectivity index (χ4n) is 1.58. The molecular formula is C14H19NO4. The number of carbonyl (C=O) groups is 2. The van der Waals surface area contributed by atoms with Gasteiger partial charge in [-0.15, -0.1) is 0 Å². The van der Waals surface area contributed by atoms with E-state index in [0.29, 0.717) is 23.6 Å². The van der Waals surface area contributed by atoms with E-state index in [1.54, 1.807) is 32.4 Å². The highest BCUT2D eigenvalue weighted by atomic mass is 16.5. The van der Waals surface area contributed by atoms with Crippen molar-refractivity contribution < 1.29 is 19.1 Å². The molecule has 0 unspecified atom stereocenters. The van der Waals surface area contributed by atoms with Gasteiger partial charge in [-0.1, -0.05) is 0 Å². The van der Waals surface area contributed by atoms with Gasteiger partial charge in [-0.3, -0.25) is 9.59 Å². The highest BCUT2D eigenvalue weighted by Crippen LogP contribution is 2.27. The van der Waals surface area contributed by atoms with Gasteiger partial charge in [0.05, 0.1) is 14.2 Å². The Labute approximate surface area is 113 Å². The molecule has 0 aliphatic rings. The number of methoxy groups -OCH3 is 2. The Morgan fingerprint density at radius 2 is 1.79 bits per heavy atom. The minimum absolute atomic E-state index is 0.0333. The van der Waals surface area contributed by atoms with Gasteiger partial charge in [0.25, 0.3) is 0 Å². The van der Waals surface area contributed by atoms with Crippen LogP contribution in [0.25, 0.3) is 0 Å². The van der Waals surface area contributed by atoms with E-state index < -0.39 is 0 Å². The van der Waals surface area contributed by atoms with Gasteiger partial charge in [-0.05, 0) is 18.2 Å². The number of Topliss-reactive ketones (excluding diaryl/α,β-unsaturated/α-hetero) is 1. The third-order valence-electron chi connectivity index (χ3n) is 2.92. The summed E-state index contributed by atoms with van der Waals surface area (Å²) >= 11 is 0. The Kier molecular flexibility index (Phi) is 5.36. The molecule has 0 N–H and O–H groups in total. The minimum atomic E-state index is -0.0555. The van der Waals surface area contributed by atoms with Crippen LogP contribution in [0.15, 0.2) is 18.2 Å². The van der Waals surface area contributed by atoms with Crippen LogP contribution in [0.5, 0.6) is 11.5 Å². The lowest BCUT2D eigenvalue weighted by Gasteiger charge is -2.14. The number of rotatable bonds is 6. The van der Waals surface area contributed by atoms with E-state index in [1.165, 1.54) is 18.9 Å².